The summed E-state index contributed by atoms with van der Waals surface area (Å²) in [6.45, 7) is 9.24. The fraction of sp³-hybridized carbons (Fsp3) is 0.481. The van der Waals surface area contributed by atoms with E-state index in [1.165, 1.54) is 24.0 Å². The van der Waals surface area contributed by atoms with Gasteiger partial charge in [-0.1, -0.05) is 51.0 Å². The summed E-state index contributed by atoms with van der Waals surface area (Å²) in [5.74, 6) is 2.42. The Balaban J connectivity index is 1.53. The fourth-order valence-corrected chi connectivity index (χ4v) is 4.56. The molecule has 2 heterocycles. The van der Waals surface area contributed by atoms with Crippen molar-refractivity contribution in [1.29, 1.82) is 0 Å². The summed E-state index contributed by atoms with van der Waals surface area (Å²) in [7, 11) is 0. The lowest BCUT2D eigenvalue weighted by molar-refractivity contribution is -0.131. The van der Waals surface area contributed by atoms with Crippen LogP contribution in [0.1, 0.15) is 68.8 Å². The van der Waals surface area contributed by atoms with Gasteiger partial charge in [-0.2, -0.15) is 0 Å². The van der Waals surface area contributed by atoms with Crippen LogP contribution in [-0.2, 0) is 17.9 Å². The van der Waals surface area contributed by atoms with E-state index in [0.717, 1.165) is 48.5 Å². The van der Waals surface area contributed by atoms with E-state index in [9.17, 15) is 4.79 Å². The maximum atomic E-state index is 12.9. The lowest BCUT2D eigenvalue weighted by Gasteiger charge is -2.21. The predicted octanol–water partition coefficient (Wildman–Crippen LogP) is 5.84. The molecule has 1 aliphatic rings. The van der Waals surface area contributed by atoms with Crippen LogP contribution in [0.4, 0.5) is 0 Å². The molecule has 5 nitrogen and oxygen atoms in total. The zero-order valence-electron chi connectivity index (χ0n) is 19.6. The Bertz CT molecular complexity index is 1060. The second kappa shape index (κ2) is 10.2. The van der Waals surface area contributed by atoms with Crippen LogP contribution in [0.5, 0.6) is 5.75 Å². The largest absolute Gasteiger partial charge is 0.485 e. The highest BCUT2D eigenvalue weighted by atomic mass is 16.5. The molecule has 0 spiro atoms. The number of fused-ring (bicyclic) bond motifs is 1. The highest BCUT2D eigenvalue weighted by Crippen LogP contribution is 2.28. The molecule has 1 amide bonds. The number of aryl methyl sites for hydroxylation is 2. The standard InChI is InChI=1S/C27H35N3O2/c1-20(2)22-13-12-21(3)18-25(22)32-19-26-28-23-10-6-7-11-24(23)30(26)17-14-27(31)29-15-8-4-5-9-16-29/h6-7,10-13,18,20H,4-5,8-9,14-17,19H2,1-3H3. The van der Waals surface area contributed by atoms with Crippen LogP contribution in [0.15, 0.2) is 42.5 Å². The predicted molar refractivity (Wildman–Crippen MR) is 129 cm³/mol. The molecule has 1 aliphatic heterocycles. The summed E-state index contributed by atoms with van der Waals surface area (Å²) in [6.07, 6.45) is 5.19. The number of para-hydroxylation sites is 2. The molecule has 0 saturated carbocycles. The van der Waals surface area contributed by atoms with Crippen LogP contribution in [0, 0.1) is 6.92 Å². The molecule has 0 unspecified atom stereocenters. The molecule has 1 fully saturated rings. The molecule has 0 atom stereocenters. The van der Waals surface area contributed by atoms with E-state index in [1.807, 2.05) is 23.1 Å². The molecule has 5 heteroatoms. The number of carbonyl (C=O) groups is 1. The minimum Gasteiger partial charge on any atom is -0.485 e. The number of aromatic nitrogens is 2. The molecule has 32 heavy (non-hydrogen) atoms. The first-order chi connectivity index (χ1) is 15.5. The van der Waals surface area contributed by atoms with E-state index in [0.29, 0.717) is 25.5 Å². The van der Waals surface area contributed by atoms with Crippen LogP contribution in [0.2, 0.25) is 0 Å². The molecule has 1 saturated heterocycles. The summed E-state index contributed by atoms with van der Waals surface area (Å²) >= 11 is 0. The van der Waals surface area contributed by atoms with Gasteiger partial charge in [0.25, 0.3) is 0 Å². The average molecular weight is 434 g/mol. The highest BCUT2D eigenvalue weighted by Gasteiger charge is 2.18. The Morgan fingerprint density at radius 3 is 2.56 bits per heavy atom. The van der Waals surface area contributed by atoms with Gasteiger partial charge in [-0.3, -0.25) is 4.79 Å². The first-order valence-electron chi connectivity index (χ1n) is 12.0. The Morgan fingerprint density at radius 2 is 1.81 bits per heavy atom. The van der Waals surface area contributed by atoms with E-state index in [2.05, 4.69) is 49.6 Å². The van der Waals surface area contributed by atoms with Gasteiger partial charge in [-0.25, -0.2) is 4.98 Å². The van der Waals surface area contributed by atoms with Crippen molar-refractivity contribution < 1.29 is 9.53 Å². The van der Waals surface area contributed by atoms with Crippen molar-refractivity contribution in [2.45, 2.75) is 71.9 Å². The Hall–Kier alpha value is -2.82. The zero-order chi connectivity index (χ0) is 22.5. The summed E-state index contributed by atoms with van der Waals surface area (Å²) in [4.78, 5) is 19.8. The van der Waals surface area contributed by atoms with Crippen molar-refractivity contribution in [1.82, 2.24) is 14.5 Å². The van der Waals surface area contributed by atoms with Gasteiger partial charge in [0, 0.05) is 26.1 Å². The van der Waals surface area contributed by atoms with E-state index in [4.69, 9.17) is 9.72 Å². The number of amides is 1. The molecule has 0 radical (unpaired) electrons. The second-order valence-corrected chi connectivity index (χ2v) is 9.20. The smallest absolute Gasteiger partial charge is 0.224 e. The monoisotopic (exact) mass is 433 g/mol. The number of hydrogen-bond donors (Lipinski definition) is 0. The lowest BCUT2D eigenvalue weighted by atomic mass is 10.0. The zero-order valence-corrected chi connectivity index (χ0v) is 19.6. The van der Waals surface area contributed by atoms with Crippen LogP contribution < -0.4 is 4.74 Å². The quantitative estimate of drug-likeness (QED) is 0.470. The topological polar surface area (TPSA) is 47.4 Å². The van der Waals surface area contributed by atoms with E-state index in [-0.39, 0.29) is 5.91 Å². The Labute approximate surface area is 191 Å². The summed E-state index contributed by atoms with van der Waals surface area (Å²) in [5, 5.41) is 0. The molecule has 2 aromatic carbocycles. The minimum absolute atomic E-state index is 0.248. The SMILES string of the molecule is Cc1ccc(C(C)C)c(OCc2nc3ccccc3n2CCC(=O)N2CCCCCC2)c1. The normalized spacial score (nSPS) is 14.7. The summed E-state index contributed by atoms with van der Waals surface area (Å²) in [5.41, 5.74) is 4.39. The van der Waals surface area contributed by atoms with Gasteiger partial charge in [-0.05, 0) is 55.0 Å². The molecular weight excluding hydrogens is 398 g/mol. The Kier molecular flexibility index (Phi) is 7.13. The third-order valence-electron chi connectivity index (χ3n) is 6.39. The molecular formula is C27H35N3O2. The first kappa shape index (κ1) is 22.4. The van der Waals surface area contributed by atoms with Crippen LogP contribution in [-0.4, -0.2) is 33.4 Å². The molecule has 0 aliphatic carbocycles. The second-order valence-electron chi connectivity index (χ2n) is 9.20. The van der Waals surface area contributed by atoms with Crippen molar-refractivity contribution in [3.8, 4) is 5.75 Å². The highest BCUT2D eigenvalue weighted by molar-refractivity contribution is 5.78. The third kappa shape index (κ3) is 5.14. The number of likely N-dealkylation sites (tertiary alicyclic amines) is 1. The van der Waals surface area contributed by atoms with Crippen molar-refractivity contribution in [3.05, 3.63) is 59.4 Å². The number of rotatable bonds is 7. The fourth-order valence-electron chi connectivity index (χ4n) is 4.56. The van der Waals surface area contributed by atoms with Crippen LogP contribution >= 0.6 is 0 Å². The maximum Gasteiger partial charge on any atom is 0.224 e. The number of hydrogen-bond acceptors (Lipinski definition) is 3. The lowest BCUT2D eigenvalue weighted by Crippen LogP contribution is -2.32. The number of carbonyl (C=O) groups excluding carboxylic acids is 1. The van der Waals surface area contributed by atoms with Gasteiger partial charge in [0.05, 0.1) is 11.0 Å². The molecule has 3 aromatic rings. The number of ether oxygens (including phenoxy) is 1. The maximum absolute atomic E-state index is 12.9. The van der Waals surface area contributed by atoms with E-state index < -0.39 is 0 Å². The Morgan fingerprint density at radius 1 is 1.06 bits per heavy atom. The molecule has 0 bridgehead atoms. The van der Waals surface area contributed by atoms with Crippen molar-refractivity contribution in [2.24, 2.45) is 0 Å². The molecule has 170 valence electrons. The van der Waals surface area contributed by atoms with Crippen LogP contribution in [0.3, 0.4) is 0 Å². The van der Waals surface area contributed by atoms with Gasteiger partial charge in [-0.15, -0.1) is 0 Å². The minimum atomic E-state index is 0.248. The van der Waals surface area contributed by atoms with Gasteiger partial charge >= 0.3 is 0 Å². The number of benzene rings is 2. The van der Waals surface area contributed by atoms with Crippen molar-refractivity contribution >= 4 is 16.9 Å². The van der Waals surface area contributed by atoms with Crippen molar-refractivity contribution in [2.75, 3.05) is 13.1 Å². The van der Waals surface area contributed by atoms with E-state index in [1.54, 1.807) is 0 Å². The van der Waals surface area contributed by atoms with Gasteiger partial charge in [0.1, 0.15) is 18.2 Å². The van der Waals surface area contributed by atoms with Gasteiger partial charge in [0.15, 0.2) is 0 Å². The third-order valence-corrected chi connectivity index (χ3v) is 6.39. The van der Waals surface area contributed by atoms with E-state index >= 15 is 0 Å². The number of imidazole rings is 1. The summed E-state index contributed by atoms with van der Waals surface area (Å²) in [6, 6.07) is 14.5. The van der Waals surface area contributed by atoms with Gasteiger partial charge < -0.3 is 14.2 Å². The van der Waals surface area contributed by atoms with Crippen LogP contribution in [0.25, 0.3) is 11.0 Å². The van der Waals surface area contributed by atoms with Gasteiger partial charge in [0.2, 0.25) is 5.91 Å². The first-order valence-corrected chi connectivity index (χ1v) is 12.0. The average Bonchev–Trinajstić information content (AvgIpc) is 2.93. The van der Waals surface area contributed by atoms with Crippen molar-refractivity contribution in [3.63, 3.8) is 0 Å². The molecule has 4 rings (SSSR count). The molecule has 1 aromatic heterocycles. The number of nitrogens with zero attached hydrogens (tertiary/aromatic N) is 3. The summed E-state index contributed by atoms with van der Waals surface area (Å²) < 4.78 is 8.46. The molecule has 0 N–H and O–H groups in total.